The molecule has 1 heterocycles. The Kier molecular flexibility index (Phi) is 5.89. The normalized spacial score (nSPS) is 14.3. The molecule has 152 valence electrons. The molecule has 1 saturated carbocycles. The first-order chi connectivity index (χ1) is 14.6. The van der Waals surface area contributed by atoms with Gasteiger partial charge in [0.05, 0.1) is 5.69 Å². The third kappa shape index (κ3) is 4.40. The highest BCUT2D eigenvalue weighted by atomic mass is 16.2. The van der Waals surface area contributed by atoms with Gasteiger partial charge < -0.3 is 10.6 Å². The zero-order chi connectivity index (χ0) is 20.9. The SMILES string of the molecule is C=CC(=O)Nc1cccc2ccc(-c3cccc(C(=O)NC4CCCCC4)n3)cc12. The Morgan fingerprint density at radius 1 is 1.00 bits per heavy atom. The Morgan fingerprint density at radius 3 is 2.60 bits per heavy atom. The lowest BCUT2D eigenvalue weighted by Gasteiger charge is -2.22. The van der Waals surface area contributed by atoms with E-state index in [0.29, 0.717) is 11.4 Å². The Morgan fingerprint density at radius 2 is 1.80 bits per heavy atom. The molecule has 0 unspecified atom stereocenters. The summed E-state index contributed by atoms with van der Waals surface area (Å²) < 4.78 is 0. The standard InChI is InChI=1S/C25H25N3O2/c1-2-24(29)28-22-12-6-8-17-14-15-18(16-20(17)22)21-11-7-13-23(27-21)25(30)26-19-9-4-3-5-10-19/h2,6-8,11-16,19H,1,3-5,9-10H2,(H,26,30)(H,28,29). The number of pyridine rings is 1. The average molecular weight is 399 g/mol. The predicted molar refractivity (Wildman–Crippen MR) is 120 cm³/mol. The molecule has 3 aromatic rings. The molecule has 0 aliphatic heterocycles. The van der Waals surface area contributed by atoms with Gasteiger partial charge in [0.2, 0.25) is 5.91 Å². The molecule has 0 radical (unpaired) electrons. The van der Waals surface area contributed by atoms with E-state index in [0.717, 1.165) is 34.9 Å². The number of benzene rings is 2. The summed E-state index contributed by atoms with van der Waals surface area (Å²) in [7, 11) is 0. The highest BCUT2D eigenvalue weighted by Crippen LogP contribution is 2.29. The number of fused-ring (bicyclic) bond motifs is 1. The number of carbonyl (C=O) groups is 2. The maximum absolute atomic E-state index is 12.7. The van der Waals surface area contributed by atoms with Crippen molar-refractivity contribution in [2.45, 2.75) is 38.1 Å². The van der Waals surface area contributed by atoms with Gasteiger partial charge in [-0.2, -0.15) is 0 Å². The highest BCUT2D eigenvalue weighted by Gasteiger charge is 2.17. The van der Waals surface area contributed by atoms with Crippen molar-refractivity contribution in [3.63, 3.8) is 0 Å². The van der Waals surface area contributed by atoms with E-state index >= 15 is 0 Å². The van der Waals surface area contributed by atoms with E-state index in [1.807, 2.05) is 48.5 Å². The third-order valence-electron chi connectivity index (χ3n) is 5.54. The van der Waals surface area contributed by atoms with Crippen molar-refractivity contribution in [1.29, 1.82) is 0 Å². The van der Waals surface area contributed by atoms with Crippen molar-refractivity contribution < 1.29 is 9.59 Å². The number of hydrogen-bond donors (Lipinski definition) is 2. The average Bonchev–Trinajstić information content (AvgIpc) is 2.79. The smallest absolute Gasteiger partial charge is 0.270 e. The molecule has 0 atom stereocenters. The van der Waals surface area contributed by atoms with E-state index in [-0.39, 0.29) is 17.9 Å². The Balaban J connectivity index is 1.62. The van der Waals surface area contributed by atoms with Crippen LogP contribution in [0.3, 0.4) is 0 Å². The number of amides is 2. The summed E-state index contributed by atoms with van der Waals surface area (Å²) in [5.74, 6) is -0.379. The summed E-state index contributed by atoms with van der Waals surface area (Å²) in [5.41, 5.74) is 2.74. The van der Waals surface area contributed by atoms with Gasteiger partial charge in [0.25, 0.3) is 5.91 Å². The second-order valence-corrected chi connectivity index (χ2v) is 7.65. The molecule has 2 amide bonds. The maximum Gasteiger partial charge on any atom is 0.270 e. The fourth-order valence-electron chi connectivity index (χ4n) is 3.95. The van der Waals surface area contributed by atoms with Gasteiger partial charge in [0.1, 0.15) is 5.69 Å². The summed E-state index contributed by atoms with van der Waals surface area (Å²) in [6, 6.07) is 17.4. The molecule has 4 rings (SSSR count). The van der Waals surface area contributed by atoms with Crippen LogP contribution >= 0.6 is 0 Å². The van der Waals surface area contributed by atoms with Gasteiger partial charge in [-0.25, -0.2) is 4.98 Å². The van der Waals surface area contributed by atoms with Crippen LogP contribution in [-0.2, 0) is 4.79 Å². The number of anilines is 1. The van der Waals surface area contributed by atoms with Crippen molar-refractivity contribution in [3.8, 4) is 11.3 Å². The van der Waals surface area contributed by atoms with Crippen molar-refractivity contribution in [2.24, 2.45) is 0 Å². The molecule has 0 spiro atoms. The molecule has 0 saturated heterocycles. The van der Waals surface area contributed by atoms with Crippen LogP contribution in [0.4, 0.5) is 5.69 Å². The number of nitrogens with zero attached hydrogens (tertiary/aromatic N) is 1. The van der Waals surface area contributed by atoms with E-state index in [1.54, 1.807) is 6.07 Å². The van der Waals surface area contributed by atoms with E-state index in [1.165, 1.54) is 25.3 Å². The molecule has 0 bridgehead atoms. The second kappa shape index (κ2) is 8.91. The number of hydrogen-bond acceptors (Lipinski definition) is 3. The van der Waals surface area contributed by atoms with Crippen LogP contribution in [0.25, 0.3) is 22.0 Å². The number of nitrogens with one attached hydrogen (secondary N) is 2. The minimum atomic E-state index is -0.257. The van der Waals surface area contributed by atoms with Crippen molar-refractivity contribution in [3.05, 3.63) is 72.9 Å². The number of carbonyl (C=O) groups excluding carboxylic acids is 2. The quantitative estimate of drug-likeness (QED) is 0.587. The minimum Gasteiger partial charge on any atom is -0.348 e. The lowest BCUT2D eigenvalue weighted by atomic mass is 9.95. The largest absolute Gasteiger partial charge is 0.348 e. The molecule has 2 N–H and O–H groups in total. The first-order valence-electron chi connectivity index (χ1n) is 10.4. The van der Waals surface area contributed by atoms with Crippen LogP contribution in [-0.4, -0.2) is 22.8 Å². The Labute approximate surface area is 176 Å². The van der Waals surface area contributed by atoms with Crippen LogP contribution in [0.5, 0.6) is 0 Å². The fraction of sp³-hybridized carbons (Fsp3) is 0.240. The summed E-state index contributed by atoms with van der Waals surface area (Å²) >= 11 is 0. The fourth-order valence-corrected chi connectivity index (χ4v) is 3.95. The zero-order valence-corrected chi connectivity index (χ0v) is 16.9. The first kappa shape index (κ1) is 19.8. The van der Waals surface area contributed by atoms with Crippen molar-refractivity contribution in [1.82, 2.24) is 10.3 Å². The monoisotopic (exact) mass is 399 g/mol. The second-order valence-electron chi connectivity index (χ2n) is 7.65. The molecule has 1 aromatic heterocycles. The summed E-state index contributed by atoms with van der Waals surface area (Å²) in [6.45, 7) is 3.51. The van der Waals surface area contributed by atoms with Crippen LogP contribution in [0.1, 0.15) is 42.6 Å². The lowest BCUT2D eigenvalue weighted by molar-refractivity contribution is -0.111. The molecular formula is C25H25N3O2. The highest BCUT2D eigenvalue weighted by molar-refractivity contribution is 6.06. The molecule has 1 aliphatic carbocycles. The van der Waals surface area contributed by atoms with Gasteiger partial charge in [-0.3, -0.25) is 9.59 Å². The van der Waals surface area contributed by atoms with Crippen LogP contribution in [0.2, 0.25) is 0 Å². The summed E-state index contributed by atoms with van der Waals surface area (Å²) in [5, 5.41) is 7.88. The van der Waals surface area contributed by atoms with E-state index in [4.69, 9.17) is 0 Å². The predicted octanol–water partition coefficient (Wildman–Crippen LogP) is 5.09. The maximum atomic E-state index is 12.7. The Bertz CT molecular complexity index is 1100. The van der Waals surface area contributed by atoms with Crippen LogP contribution < -0.4 is 10.6 Å². The first-order valence-corrected chi connectivity index (χ1v) is 10.4. The number of aromatic nitrogens is 1. The van der Waals surface area contributed by atoms with Gasteiger partial charge >= 0.3 is 0 Å². The van der Waals surface area contributed by atoms with Gasteiger partial charge in [-0.05, 0) is 48.6 Å². The molecule has 1 fully saturated rings. The van der Waals surface area contributed by atoms with Crippen LogP contribution in [0, 0.1) is 0 Å². The van der Waals surface area contributed by atoms with Gasteiger partial charge in [0.15, 0.2) is 0 Å². The van der Waals surface area contributed by atoms with Gasteiger partial charge in [-0.15, -0.1) is 0 Å². The van der Waals surface area contributed by atoms with Gasteiger partial charge in [-0.1, -0.05) is 56.2 Å². The van der Waals surface area contributed by atoms with Crippen LogP contribution in [0.15, 0.2) is 67.3 Å². The topological polar surface area (TPSA) is 71.1 Å². The molecule has 5 nitrogen and oxygen atoms in total. The lowest BCUT2D eigenvalue weighted by Crippen LogP contribution is -2.36. The summed E-state index contributed by atoms with van der Waals surface area (Å²) in [6.07, 6.45) is 6.90. The molecule has 5 heteroatoms. The van der Waals surface area contributed by atoms with Gasteiger partial charge in [0, 0.05) is 22.7 Å². The van der Waals surface area contributed by atoms with E-state index < -0.39 is 0 Å². The molecular weight excluding hydrogens is 374 g/mol. The summed E-state index contributed by atoms with van der Waals surface area (Å²) in [4.78, 5) is 29.1. The third-order valence-corrected chi connectivity index (χ3v) is 5.54. The molecule has 1 aliphatic rings. The van der Waals surface area contributed by atoms with Crippen molar-refractivity contribution in [2.75, 3.05) is 5.32 Å². The van der Waals surface area contributed by atoms with E-state index in [2.05, 4.69) is 22.2 Å². The molecule has 2 aromatic carbocycles. The Hall–Kier alpha value is -3.47. The molecule has 30 heavy (non-hydrogen) atoms. The zero-order valence-electron chi connectivity index (χ0n) is 16.9. The van der Waals surface area contributed by atoms with E-state index in [9.17, 15) is 9.59 Å². The van der Waals surface area contributed by atoms with Crippen molar-refractivity contribution >= 4 is 28.3 Å². The minimum absolute atomic E-state index is 0.122. The number of rotatable bonds is 5.